The number of rotatable bonds is 3. The molecule has 0 unspecified atom stereocenters. The van der Waals surface area contributed by atoms with Crippen LogP contribution in [-0.2, 0) is 9.59 Å². The predicted octanol–water partition coefficient (Wildman–Crippen LogP) is 0.345. The Kier molecular flexibility index (Phi) is 4.17. The van der Waals surface area contributed by atoms with Crippen molar-refractivity contribution in [3.63, 3.8) is 0 Å². The lowest BCUT2D eigenvalue weighted by Crippen LogP contribution is -2.39. The van der Waals surface area contributed by atoms with Gasteiger partial charge in [0, 0.05) is 13.1 Å². The minimum absolute atomic E-state index is 0.334. The number of aromatic nitrogens is 2. The summed E-state index contributed by atoms with van der Waals surface area (Å²) in [4.78, 5) is 24.3. The van der Waals surface area contributed by atoms with Gasteiger partial charge in [-0.15, -0.1) is 10.2 Å². The van der Waals surface area contributed by atoms with Crippen LogP contribution in [0.1, 0.15) is 13.8 Å². The lowest BCUT2D eigenvalue weighted by atomic mass is 10.4. The smallest absolute Gasteiger partial charge is 0.315 e. The second-order valence-corrected chi connectivity index (χ2v) is 3.51. The summed E-state index contributed by atoms with van der Waals surface area (Å²) in [5.41, 5.74) is 1.48. The van der Waals surface area contributed by atoms with Crippen LogP contribution >= 0.6 is 11.3 Å². The second kappa shape index (κ2) is 5.40. The Labute approximate surface area is 91.3 Å². The van der Waals surface area contributed by atoms with Crippen molar-refractivity contribution >= 4 is 28.3 Å². The number of nitrogens with one attached hydrogen (secondary N) is 1. The van der Waals surface area contributed by atoms with Crippen LogP contribution in [-0.4, -0.2) is 40.0 Å². The fourth-order valence-electron chi connectivity index (χ4n) is 1.03. The van der Waals surface area contributed by atoms with E-state index in [4.69, 9.17) is 0 Å². The minimum Gasteiger partial charge on any atom is -0.335 e. The first-order chi connectivity index (χ1) is 7.19. The Morgan fingerprint density at radius 2 is 2.13 bits per heavy atom. The molecule has 7 heteroatoms. The Hall–Kier alpha value is -1.50. The van der Waals surface area contributed by atoms with E-state index in [-0.39, 0.29) is 0 Å². The van der Waals surface area contributed by atoms with Crippen LogP contribution in [0.3, 0.4) is 0 Å². The van der Waals surface area contributed by atoms with Gasteiger partial charge in [-0.1, -0.05) is 11.3 Å². The summed E-state index contributed by atoms with van der Waals surface area (Å²) < 4.78 is 0. The quantitative estimate of drug-likeness (QED) is 0.757. The van der Waals surface area contributed by atoms with Crippen molar-refractivity contribution < 1.29 is 9.59 Å². The van der Waals surface area contributed by atoms with Crippen LogP contribution in [0.4, 0.5) is 5.13 Å². The SMILES string of the molecule is CCN(CC)C(=O)C(=O)Nc1nncs1. The molecule has 0 fully saturated rings. The van der Waals surface area contributed by atoms with Crippen molar-refractivity contribution in [2.75, 3.05) is 18.4 Å². The molecule has 1 rings (SSSR count). The number of carbonyl (C=O) groups excluding carboxylic acids is 2. The largest absolute Gasteiger partial charge is 0.335 e. The maximum atomic E-state index is 11.5. The van der Waals surface area contributed by atoms with Gasteiger partial charge in [0.15, 0.2) is 0 Å². The van der Waals surface area contributed by atoms with E-state index < -0.39 is 11.8 Å². The van der Waals surface area contributed by atoms with Crippen LogP contribution in [0, 0.1) is 0 Å². The summed E-state index contributed by atoms with van der Waals surface area (Å²) in [6, 6.07) is 0. The van der Waals surface area contributed by atoms with Gasteiger partial charge in [0.25, 0.3) is 0 Å². The molecule has 1 heterocycles. The highest BCUT2D eigenvalue weighted by molar-refractivity contribution is 7.13. The molecule has 0 aliphatic carbocycles. The zero-order valence-electron chi connectivity index (χ0n) is 8.56. The summed E-state index contributed by atoms with van der Waals surface area (Å²) in [6.45, 7) is 4.66. The lowest BCUT2D eigenvalue weighted by Gasteiger charge is -2.16. The molecule has 0 saturated carbocycles. The van der Waals surface area contributed by atoms with Gasteiger partial charge in [-0.05, 0) is 13.8 Å². The summed E-state index contributed by atoms with van der Waals surface area (Å²) in [5, 5.41) is 9.88. The number of carbonyl (C=O) groups is 2. The maximum Gasteiger partial charge on any atom is 0.315 e. The summed E-state index contributed by atoms with van der Waals surface area (Å²) in [6.07, 6.45) is 0. The zero-order valence-corrected chi connectivity index (χ0v) is 9.37. The van der Waals surface area contributed by atoms with E-state index in [0.29, 0.717) is 18.2 Å². The fourth-order valence-corrected chi connectivity index (χ4v) is 1.47. The van der Waals surface area contributed by atoms with Crippen LogP contribution in [0.15, 0.2) is 5.51 Å². The van der Waals surface area contributed by atoms with Crippen molar-refractivity contribution in [2.24, 2.45) is 0 Å². The van der Waals surface area contributed by atoms with Crippen molar-refractivity contribution in [1.82, 2.24) is 15.1 Å². The molecule has 15 heavy (non-hydrogen) atoms. The van der Waals surface area contributed by atoms with Gasteiger partial charge in [-0.25, -0.2) is 0 Å². The third-order valence-electron chi connectivity index (χ3n) is 1.83. The normalized spacial score (nSPS) is 9.73. The highest BCUT2D eigenvalue weighted by Gasteiger charge is 2.19. The molecule has 1 aromatic heterocycles. The molecule has 0 aliphatic rings. The number of amides is 2. The molecule has 0 aromatic carbocycles. The van der Waals surface area contributed by atoms with Crippen molar-refractivity contribution in [2.45, 2.75) is 13.8 Å². The first-order valence-corrected chi connectivity index (χ1v) is 5.43. The van der Waals surface area contributed by atoms with Gasteiger partial charge in [0.1, 0.15) is 5.51 Å². The van der Waals surface area contributed by atoms with Gasteiger partial charge in [0.05, 0.1) is 0 Å². The molecule has 6 nitrogen and oxygen atoms in total. The lowest BCUT2D eigenvalue weighted by molar-refractivity contribution is -0.142. The molecule has 0 saturated heterocycles. The van der Waals surface area contributed by atoms with Gasteiger partial charge >= 0.3 is 11.8 Å². The molecule has 0 radical (unpaired) electrons. The maximum absolute atomic E-state index is 11.5. The number of nitrogens with zero attached hydrogens (tertiary/aromatic N) is 3. The van der Waals surface area contributed by atoms with E-state index in [1.54, 1.807) is 0 Å². The average molecular weight is 228 g/mol. The molecule has 0 atom stereocenters. The molecule has 0 bridgehead atoms. The third kappa shape index (κ3) is 2.98. The van der Waals surface area contributed by atoms with E-state index in [9.17, 15) is 9.59 Å². The number of anilines is 1. The van der Waals surface area contributed by atoms with Gasteiger partial charge in [-0.3, -0.25) is 14.9 Å². The Morgan fingerprint density at radius 1 is 1.47 bits per heavy atom. The molecule has 1 aromatic rings. The van der Waals surface area contributed by atoms with Crippen LogP contribution in [0.25, 0.3) is 0 Å². The van der Waals surface area contributed by atoms with E-state index >= 15 is 0 Å². The molecule has 0 aliphatic heterocycles. The molecule has 2 amide bonds. The van der Waals surface area contributed by atoms with Gasteiger partial charge < -0.3 is 4.90 Å². The van der Waals surface area contributed by atoms with Gasteiger partial charge in [0.2, 0.25) is 5.13 Å². The number of hydrogen-bond acceptors (Lipinski definition) is 5. The first kappa shape index (κ1) is 11.6. The molecular weight excluding hydrogens is 216 g/mol. The Morgan fingerprint density at radius 3 is 2.60 bits per heavy atom. The molecule has 0 spiro atoms. The first-order valence-electron chi connectivity index (χ1n) is 4.55. The molecule has 82 valence electrons. The standard InChI is InChI=1S/C8H12N4O2S/c1-3-12(4-2)7(14)6(13)10-8-11-9-5-15-8/h5H,3-4H2,1-2H3,(H,10,11,13). The minimum atomic E-state index is -0.671. The van der Waals surface area contributed by atoms with Crippen molar-refractivity contribution in [1.29, 1.82) is 0 Å². The fraction of sp³-hybridized carbons (Fsp3) is 0.500. The topological polar surface area (TPSA) is 75.2 Å². The second-order valence-electron chi connectivity index (χ2n) is 2.68. The number of likely N-dealkylation sites (N-methyl/N-ethyl adjacent to an activating group) is 1. The van der Waals surface area contributed by atoms with E-state index in [0.717, 1.165) is 0 Å². The van der Waals surface area contributed by atoms with E-state index in [2.05, 4.69) is 15.5 Å². The Bertz CT molecular complexity index is 334. The van der Waals surface area contributed by atoms with Gasteiger partial charge in [-0.2, -0.15) is 0 Å². The monoisotopic (exact) mass is 228 g/mol. The average Bonchev–Trinajstić information content (AvgIpc) is 2.72. The van der Waals surface area contributed by atoms with Crippen molar-refractivity contribution in [3.8, 4) is 0 Å². The van der Waals surface area contributed by atoms with Crippen LogP contribution in [0.5, 0.6) is 0 Å². The van der Waals surface area contributed by atoms with Crippen LogP contribution < -0.4 is 5.32 Å². The number of hydrogen-bond donors (Lipinski definition) is 1. The molecular formula is C8H12N4O2S. The highest BCUT2D eigenvalue weighted by atomic mass is 32.1. The Balaban J connectivity index is 2.57. The summed E-state index contributed by atoms with van der Waals surface area (Å²) in [5.74, 6) is -1.22. The third-order valence-corrected chi connectivity index (χ3v) is 2.43. The van der Waals surface area contributed by atoms with Crippen molar-refractivity contribution in [3.05, 3.63) is 5.51 Å². The molecule has 1 N–H and O–H groups in total. The van der Waals surface area contributed by atoms with E-state index in [1.807, 2.05) is 13.8 Å². The highest BCUT2D eigenvalue weighted by Crippen LogP contribution is 2.07. The predicted molar refractivity (Wildman–Crippen MR) is 56.5 cm³/mol. The van der Waals surface area contributed by atoms with Crippen LogP contribution in [0.2, 0.25) is 0 Å². The summed E-state index contributed by atoms with van der Waals surface area (Å²) in [7, 11) is 0. The zero-order chi connectivity index (χ0) is 11.3. The summed E-state index contributed by atoms with van der Waals surface area (Å²) >= 11 is 1.17. The van der Waals surface area contributed by atoms with E-state index in [1.165, 1.54) is 21.7 Å².